The lowest BCUT2D eigenvalue weighted by molar-refractivity contribution is -0.138. The van der Waals surface area contributed by atoms with Gasteiger partial charge in [0.15, 0.2) is 0 Å². The highest BCUT2D eigenvalue weighted by Gasteiger charge is 2.53. The molecule has 2 fully saturated rings. The highest BCUT2D eigenvalue weighted by Crippen LogP contribution is 2.45. The molecule has 4 heteroatoms. The summed E-state index contributed by atoms with van der Waals surface area (Å²) in [6.45, 7) is 2.99. The Morgan fingerprint density at radius 3 is 2.74 bits per heavy atom. The molecule has 0 amide bonds. The van der Waals surface area contributed by atoms with Crippen molar-refractivity contribution in [2.24, 2.45) is 5.92 Å². The highest BCUT2D eigenvalue weighted by atomic mass is 28.3. The first-order chi connectivity index (χ1) is 9.15. The van der Waals surface area contributed by atoms with Gasteiger partial charge in [0.25, 0.3) is 0 Å². The summed E-state index contributed by atoms with van der Waals surface area (Å²) in [7, 11) is -0.0919. The van der Waals surface area contributed by atoms with Crippen LogP contribution in [-0.4, -0.2) is 27.8 Å². The summed E-state index contributed by atoms with van der Waals surface area (Å²) in [6.07, 6.45) is 2.38. The maximum Gasteiger partial charge on any atom is 0.306 e. The van der Waals surface area contributed by atoms with E-state index in [1.54, 1.807) is 7.11 Å². The second-order valence-electron chi connectivity index (χ2n) is 5.91. The third-order valence-corrected chi connectivity index (χ3v) is 10.00. The normalized spacial score (nSPS) is 33.7. The monoisotopic (exact) mass is 276 g/mol. The zero-order valence-corrected chi connectivity index (χ0v) is 12.5. The number of benzene rings is 1. The third-order valence-electron chi connectivity index (χ3n) is 4.87. The lowest BCUT2D eigenvalue weighted by Crippen LogP contribution is -2.54. The van der Waals surface area contributed by atoms with Crippen LogP contribution in [0.25, 0.3) is 0 Å². The average Bonchev–Trinajstić information content (AvgIpc) is 2.82. The molecule has 2 saturated heterocycles. The van der Waals surface area contributed by atoms with Gasteiger partial charge in [-0.25, -0.2) is 0 Å². The van der Waals surface area contributed by atoms with Crippen molar-refractivity contribution in [2.45, 2.75) is 31.0 Å². The van der Waals surface area contributed by atoms with E-state index in [1.807, 2.05) is 12.1 Å². The summed E-state index contributed by atoms with van der Waals surface area (Å²) in [5.74, 6) is 1.39. The topological polar surface area (TPSA) is 35.5 Å². The summed E-state index contributed by atoms with van der Waals surface area (Å²) in [5, 5.41) is 1.36. The van der Waals surface area contributed by atoms with E-state index in [-0.39, 0.29) is 11.5 Å². The fourth-order valence-corrected chi connectivity index (χ4v) is 8.51. The van der Waals surface area contributed by atoms with Crippen LogP contribution in [0.1, 0.15) is 12.8 Å². The first kappa shape index (κ1) is 12.7. The number of hydrogen-bond acceptors (Lipinski definition) is 3. The number of rotatable bonds is 2. The zero-order valence-electron chi connectivity index (χ0n) is 11.5. The smallest absolute Gasteiger partial charge is 0.306 e. The van der Waals surface area contributed by atoms with Gasteiger partial charge in [0.05, 0.1) is 27.3 Å². The van der Waals surface area contributed by atoms with E-state index in [2.05, 4.69) is 18.7 Å². The molecule has 3 atom stereocenters. The molecule has 2 aliphatic heterocycles. The Kier molecular flexibility index (Phi) is 3.13. The Labute approximate surface area is 114 Å². The maximum absolute atomic E-state index is 12.1. The number of hydrogen-bond donors (Lipinski definition) is 0. The average molecular weight is 276 g/mol. The predicted octanol–water partition coefficient (Wildman–Crippen LogP) is 2.32. The van der Waals surface area contributed by atoms with Gasteiger partial charge in [-0.2, -0.15) is 0 Å². The number of fused-ring (bicyclic) bond motifs is 1. The van der Waals surface area contributed by atoms with Gasteiger partial charge < -0.3 is 9.47 Å². The molecule has 1 aromatic carbocycles. The second kappa shape index (κ2) is 4.67. The van der Waals surface area contributed by atoms with Crippen LogP contribution in [0.5, 0.6) is 5.75 Å². The van der Waals surface area contributed by atoms with E-state index in [0.717, 1.165) is 12.2 Å². The summed E-state index contributed by atoms with van der Waals surface area (Å²) in [5.41, 5.74) is 0.162. The van der Waals surface area contributed by atoms with E-state index in [0.29, 0.717) is 12.5 Å². The third kappa shape index (κ3) is 1.98. The van der Waals surface area contributed by atoms with Crippen LogP contribution in [0.3, 0.4) is 0 Å². The van der Waals surface area contributed by atoms with Gasteiger partial charge in [0.1, 0.15) is 5.75 Å². The maximum atomic E-state index is 12.1. The summed E-state index contributed by atoms with van der Waals surface area (Å²) in [4.78, 5) is 12.1. The van der Waals surface area contributed by atoms with Crippen LogP contribution < -0.4 is 9.92 Å². The minimum absolute atomic E-state index is 0.0506. The Morgan fingerprint density at radius 1 is 1.32 bits per heavy atom. The molecule has 3 nitrogen and oxygen atoms in total. The molecule has 1 aromatic rings. The minimum atomic E-state index is -1.77. The van der Waals surface area contributed by atoms with Gasteiger partial charge in [0, 0.05) is 5.92 Å². The molecule has 102 valence electrons. The predicted molar refractivity (Wildman–Crippen MR) is 76.5 cm³/mol. The molecule has 3 rings (SSSR count). The second-order valence-corrected chi connectivity index (χ2v) is 10.4. The van der Waals surface area contributed by atoms with Crippen molar-refractivity contribution in [3.63, 3.8) is 0 Å². The van der Waals surface area contributed by atoms with E-state index >= 15 is 0 Å². The fourth-order valence-electron chi connectivity index (χ4n) is 3.78. The number of esters is 1. The van der Waals surface area contributed by atoms with Crippen molar-refractivity contribution < 1.29 is 14.3 Å². The van der Waals surface area contributed by atoms with Crippen molar-refractivity contribution in [3.05, 3.63) is 24.3 Å². The molecule has 0 radical (unpaired) electrons. The lowest BCUT2D eigenvalue weighted by Gasteiger charge is -2.39. The van der Waals surface area contributed by atoms with Crippen molar-refractivity contribution >= 4 is 19.2 Å². The van der Waals surface area contributed by atoms with Gasteiger partial charge in [0.2, 0.25) is 0 Å². The SMILES string of the molecule is COc1ccc([Si@]2(C)CCC[C@H]3COC(=O)[C@H]32)cc1. The summed E-state index contributed by atoms with van der Waals surface area (Å²) >= 11 is 0. The molecule has 0 bridgehead atoms. The van der Waals surface area contributed by atoms with Gasteiger partial charge in [-0.15, -0.1) is 0 Å². The Morgan fingerprint density at radius 2 is 2.05 bits per heavy atom. The Hall–Kier alpha value is -1.29. The number of carbonyl (C=O) groups excluding carboxylic acids is 1. The quantitative estimate of drug-likeness (QED) is 0.614. The van der Waals surface area contributed by atoms with Crippen molar-refractivity contribution in [1.82, 2.24) is 0 Å². The van der Waals surface area contributed by atoms with Crippen LogP contribution in [0.15, 0.2) is 24.3 Å². The Balaban J connectivity index is 1.97. The number of methoxy groups -OCH3 is 1. The molecule has 0 spiro atoms. The van der Waals surface area contributed by atoms with Crippen molar-refractivity contribution in [3.8, 4) is 5.75 Å². The molecular formula is C15H20O3Si. The molecule has 19 heavy (non-hydrogen) atoms. The standard InChI is InChI=1S/C15H20O3Si/c1-17-12-5-7-13(8-6-12)19(2)9-3-4-11-10-18-15(16)14(11)19/h5-8,11,14H,3-4,9-10H2,1-2H3/t11-,14-,19-/m0/s1. The van der Waals surface area contributed by atoms with Gasteiger partial charge >= 0.3 is 5.97 Å². The molecule has 0 aliphatic carbocycles. The van der Waals surface area contributed by atoms with Crippen LogP contribution in [0.4, 0.5) is 0 Å². The van der Waals surface area contributed by atoms with Crippen LogP contribution in [0, 0.1) is 5.92 Å². The first-order valence-corrected chi connectivity index (χ1v) is 9.75. The number of carbonyl (C=O) groups is 1. The summed E-state index contributed by atoms with van der Waals surface area (Å²) in [6, 6.07) is 9.52. The van der Waals surface area contributed by atoms with Gasteiger partial charge in [-0.05, 0) is 18.6 Å². The molecule has 0 aromatic heterocycles. The molecular weight excluding hydrogens is 256 g/mol. The zero-order chi connectivity index (χ0) is 13.5. The molecule has 2 heterocycles. The van der Waals surface area contributed by atoms with Crippen LogP contribution in [-0.2, 0) is 9.53 Å². The first-order valence-electron chi connectivity index (χ1n) is 6.96. The molecule has 0 N–H and O–H groups in total. The largest absolute Gasteiger partial charge is 0.497 e. The number of ether oxygens (including phenoxy) is 2. The minimum Gasteiger partial charge on any atom is -0.497 e. The van der Waals surface area contributed by atoms with E-state index < -0.39 is 8.07 Å². The van der Waals surface area contributed by atoms with E-state index in [9.17, 15) is 4.79 Å². The molecule has 0 saturated carbocycles. The van der Waals surface area contributed by atoms with Crippen molar-refractivity contribution in [2.75, 3.05) is 13.7 Å². The highest BCUT2D eigenvalue weighted by molar-refractivity contribution is 6.94. The van der Waals surface area contributed by atoms with Crippen LogP contribution >= 0.6 is 0 Å². The fraction of sp³-hybridized carbons (Fsp3) is 0.533. The number of cyclic esters (lactones) is 1. The van der Waals surface area contributed by atoms with Crippen LogP contribution in [0.2, 0.25) is 18.1 Å². The molecule has 2 aliphatic rings. The summed E-state index contributed by atoms with van der Waals surface area (Å²) < 4.78 is 10.6. The Bertz CT molecular complexity index is 485. The van der Waals surface area contributed by atoms with E-state index in [4.69, 9.17) is 9.47 Å². The molecule has 0 unspecified atom stereocenters. The van der Waals surface area contributed by atoms with Gasteiger partial charge in [-0.1, -0.05) is 36.3 Å². The lowest BCUT2D eigenvalue weighted by atomic mass is 10.0. The van der Waals surface area contributed by atoms with Crippen molar-refractivity contribution in [1.29, 1.82) is 0 Å². The van der Waals surface area contributed by atoms with Gasteiger partial charge in [-0.3, -0.25) is 4.79 Å². The van der Waals surface area contributed by atoms with E-state index in [1.165, 1.54) is 17.7 Å².